The Bertz CT molecular complexity index is 880. The fourth-order valence-corrected chi connectivity index (χ4v) is 2.32. The maximum Gasteiger partial charge on any atom is 0.322 e. The van der Waals surface area contributed by atoms with Crippen LogP contribution in [0.5, 0.6) is 0 Å². The second kappa shape index (κ2) is 6.19. The van der Waals surface area contributed by atoms with Crippen molar-refractivity contribution in [2.45, 2.75) is 13.8 Å². The standard InChI is InChI=1S/C17H18N4O3/c1-10-8-14(11(2)23-10)16-19-20-17(24-16)18-15(22)12-6-5-7-13(9-12)21(3)4/h5-9H,1-4H3,(H,18,20,22). The first-order valence-corrected chi connectivity index (χ1v) is 7.43. The first-order chi connectivity index (χ1) is 11.4. The van der Waals surface area contributed by atoms with Gasteiger partial charge in [0.1, 0.15) is 11.5 Å². The van der Waals surface area contributed by atoms with Gasteiger partial charge in [0.25, 0.3) is 11.8 Å². The second-order valence-corrected chi connectivity index (χ2v) is 5.64. The summed E-state index contributed by atoms with van der Waals surface area (Å²) >= 11 is 0. The third-order valence-corrected chi connectivity index (χ3v) is 3.54. The van der Waals surface area contributed by atoms with Crippen LogP contribution < -0.4 is 10.2 Å². The van der Waals surface area contributed by atoms with Gasteiger partial charge in [-0.05, 0) is 38.1 Å². The molecule has 0 aliphatic rings. The lowest BCUT2D eigenvalue weighted by molar-refractivity contribution is 0.102. The molecule has 124 valence electrons. The Morgan fingerprint density at radius 3 is 2.58 bits per heavy atom. The third-order valence-electron chi connectivity index (χ3n) is 3.54. The van der Waals surface area contributed by atoms with Crippen molar-refractivity contribution < 1.29 is 13.6 Å². The molecular weight excluding hydrogens is 308 g/mol. The highest BCUT2D eigenvalue weighted by Gasteiger charge is 2.16. The van der Waals surface area contributed by atoms with Gasteiger partial charge in [-0.3, -0.25) is 10.1 Å². The van der Waals surface area contributed by atoms with Crippen LogP contribution >= 0.6 is 0 Å². The number of hydrogen-bond donors (Lipinski definition) is 1. The van der Waals surface area contributed by atoms with Crippen molar-refractivity contribution in [2.75, 3.05) is 24.3 Å². The number of nitrogens with zero attached hydrogens (tertiary/aromatic N) is 3. The second-order valence-electron chi connectivity index (χ2n) is 5.64. The summed E-state index contributed by atoms with van der Waals surface area (Å²) in [4.78, 5) is 14.3. The van der Waals surface area contributed by atoms with E-state index in [4.69, 9.17) is 8.83 Å². The molecule has 24 heavy (non-hydrogen) atoms. The number of carbonyl (C=O) groups is 1. The number of rotatable bonds is 4. The summed E-state index contributed by atoms with van der Waals surface area (Å²) in [7, 11) is 3.83. The molecule has 7 heteroatoms. The molecule has 0 fully saturated rings. The van der Waals surface area contributed by atoms with E-state index in [1.165, 1.54) is 0 Å². The van der Waals surface area contributed by atoms with Gasteiger partial charge in [0.05, 0.1) is 5.56 Å². The van der Waals surface area contributed by atoms with Gasteiger partial charge in [-0.25, -0.2) is 0 Å². The molecule has 1 amide bonds. The third kappa shape index (κ3) is 3.15. The molecule has 1 aromatic carbocycles. The number of aryl methyl sites for hydroxylation is 2. The van der Waals surface area contributed by atoms with Crippen LogP contribution in [-0.4, -0.2) is 30.2 Å². The highest BCUT2D eigenvalue weighted by molar-refractivity contribution is 6.03. The largest absolute Gasteiger partial charge is 0.466 e. The zero-order chi connectivity index (χ0) is 17.3. The van der Waals surface area contributed by atoms with Crippen LogP contribution in [0, 0.1) is 13.8 Å². The Kier molecular flexibility index (Phi) is 4.07. The van der Waals surface area contributed by atoms with Gasteiger partial charge in [-0.15, -0.1) is 5.10 Å². The van der Waals surface area contributed by atoms with Crippen molar-refractivity contribution in [3.8, 4) is 11.5 Å². The topological polar surface area (TPSA) is 84.4 Å². The van der Waals surface area contributed by atoms with Gasteiger partial charge < -0.3 is 13.7 Å². The fraction of sp³-hybridized carbons (Fsp3) is 0.235. The minimum absolute atomic E-state index is 0.0449. The predicted molar refractivity (Wildman–Crippen MR) is 90.2 cm³/mol. The molecular formula is C17H18N4O3. The van der Waals surface area contributed by atoms with E-state index < -0.39 is 0 Å². The lowest BCUT2D eigenvalue weighted by atomic mass is 10.2. The van der Waals surface area contributed by atoms with E-state index in [-0.39, 0.29) is 11.9 Å². The number of anilines is 2. The highest BCUT2D eigenvalue weighted by atomic mass is 16.4. The maximum atomic E-state index is 12.3. The Hall–Kier alpha value is -3.09. The number of aromatic nitrogens is 2. The smallest absolute Gasteiger partial charge is 0.322 e. The SMILES string of the molecule is Cc1cc(-c2nnc(NC(=O)c3cccc(N(C)C)c3)o2)c(C)o1. The summed E-state index contributed by atoms with van der Waals surface area (Å²) in [6.07, 6.45) is 0. The fourth-order valence-electron chi connectivity index (χ4n) is 2.32. The molecule has 0 spiro atoms. The molecule has 1 N–H and O–H groups in total. The van der Waals surface area contributed by atoms with Gasteiger partial charge in [0, 0.05) is 25.3 Å². The summed E-state index contributed by atoms with van der Waals surface area (Å²) in [5, 5.41) is 10.4. The Morgan fingerprint density at radius 2 is 1.92 bits per heavy atom. The van der Waals surface area contributed by atoms with Crippen molar-refractivity contribution in [3.05, 3.63) is 47.4 Å². The molecule has 0 saturated heterocycles. The number of carbonyl (C=O) groups excluding carboxylic acids is 1. The van der Waals surface area contributed by atoms with Gasteiger partial charge in [0.2, 0.25) is 0 Å². The van der Waals surface area contributed by atoms with Crippen LogP contribution in [0.1, 0.15) is 21.9 Å². The number of hydrogen-bond acceptors (Lipinski definition) is 6. The molecule has 0 aliphatic carbocycles. The van der Waals surface area contributed by atoms with Crippen molar-refractivity contribution in [2.24, 2.45) is 0 Å². The lowest BCUT2D eigenvalue weighted by Gasteiger charge is -2.12. The van der Waals surface area contributed by atoms with Crippen LogP contribution in [0.4, 0.5) is 11.7 Å². The monoisotopic (exact) mass is 326 g/mol. The minimum Gasteiger partial charge on any atom is -0.466 e. The Morgan fingerprint density at radius 1 is 1.12 bits per heavy atom. The summed E-state index contributed by atoms with van der Waals surface area (Å²) in [6, 6.07) is 9.12. The molecule has 0 aliphatic heterocycles. The van der Waals surface area contributed by atoms with E-state index >= 15 is 0 Å². The van der Waals surface area contributed by atoms with E-state index in [0.29, 0.717) is 17.2 Å². The number of nitrogens with one attached hydrogen (secondary N) is 1. The first kappa shape index (κ1) is 15.8. The number of furan rings is 1. The zero-order valence-corrected chi connectivity index (χ0v) is 14.0. The van der Waals surface area contributed by atoms with Crippen LogP contribution in [0.2, 0.25) is 0 Å². The lowest BCUT2D eigenvalue weighted by Crippen LogP contribution is -2.14. The van der Waals surface area contributed by atoms with Gasteiger partial charge in [-0.1, -0.05) is 11.2 Å². The maximum absolute atomic E-state index is 12.3. The van der Waals surface area contributed by atoms with Crippen molar-refractivity contribution in [3.63, 3.8) is 0 Å². The molecule has 3 aromatic rings. The number of benzene rings is 1. The molecule has 2 aromatic heterocycles. The highest BCUT2D eigenvalue weighted by Crippen LogP contribution is 2.26. The van der Waals surface area contributed by atoms with E-state index in [1.54, 1.807) is 12.1 Å². The predicted octanol–water partition coefficient (Wildman–Crippen LogP) is 3.26. The van der Waals surface area contributed by atoms with Crippen molar-refractivity contribution >= 4 is 17.6 Å². The van der Waals surface area contributed by atoms with Gasteiger partial charge >= 0.3 is 6.01 Å². The first-order valence-electron chi connectivity index (χ1n) is 7.43. The van der Waals surface area contributed by atoms with Crippen LogP contribution in [0.25, 0.3) is 11.5 Å². The Labute approximate surface area is 139 Å². The molecule has 0 bridgehead atoms. The molecule has 0 atom stereocenters. The van der Waals surface area contributed by atoms with Crippen LogP contribution in [0.15, 0.2) is 39.2 Å². The van der Waals surface area contributed by atoms with E-state index in [0.717, 1.165) is 17.0 Å². The average Bonchev–Trinajstić information content (AvgIpc) is 3.13. The minimum atomic E-state index is -0.311. The summed E-state index contributed by atoms with van der Waals surface area (Å²) < 4.78 is 11.0. The van der Waals surface area contributed by atoms with E-state index in [2.05, 4.69) is 15.5 Å². The average molecular weight is 326 g/mol. The summed E-state index contributed by atoms with van der Waals surface area (Å²) in [6.45, 7) is 3.66. The molecule has 3 rings (SSSR count). The van der Waals surface area contributed by atoms with Crippen molar-refractivity contribution in [1.29, 1.82) is 0 Å². The van der Waals surface area contributed by atoms with Crippen LogP contribution in [-0.2, 0) is 0 Å². The molecule has 2 heterocycles. The number of amides is 1. The Balaban J connectivity index is 1.78. The molecule has 7 nitrogen and oxygen atoms in total. The summed E-state index contributed by atoms with van der Waals surface area (Å²) in [5.74, 6) is 1.44. The van der Waals surface area contributed by atoms with E-state index in [1.807, 2.05) is 51.0 Å². The summed E-state index contributed by atoms with van der Waals surface area (Å²) in [5.41, 5.74) is 2.16. The molecule has 0 unspecified atom stereocenters. The molecule has 0 radical (unpaired) electrons. The van der Waals surface area contributed by atoms with Crippen molar-refractivity contribution in [1.82, 2.24) is 10.2 Å². The van der Waals surface area contributed by atoms with E-state index in [9.17, 15) is 4.79 Å². The van der Waals surface area contributed by atoms with Crippen LogP contribution in [0.3, 0.4) is 0 Å². The van der Waals surface area contributed by atoms with Gasteiger partial charge in [-0.2, -0.15) is 0 Å². The normalized spacial score (nSPS) is 10.7. The van der Waals surface area contributed by atoms with Gasteiger partial charge in [0.15, 0.2) is 0 Å². The molecule has 0 saturated carbocycles. The quantitative estimate of drug-likeness (QED) is 0.792. The zero-order valence-electron chi connectivity index (χ0n) is 14.0.